The Kier molecular flexibility index (Phi) is 4.53. The zero-order valence-corrected chi connectivity index (χ0v) is 11.6. The lowest BCUT2D eigenvalue weighted by Crippen LogP contribution is -2.13. The van der Waals surface area contributed by atoms with Crippen LogP contribution in [0.25, 0.3) is 0 Å². The number of aromatic nitrogens is 1. The summed E-state index contributed by atoms with van der Waals surface area (Å²) in [5, 5.41) is 12.1. The molecule has 0 aliphatic heterocycles. The lowest BCUT2D eigenvalue weighted by Gasteiger charge is -2.04. The van der Waals surface area contributed by atoms with Crippen LogP contribution in [0.4, 0.5) is 0 Å². The van der Waals surface area contributed by atoms with E-state index in [1.54, 1.807) is 24.3 Å². The first-order valence-electron chi connectivity index (χ1n) is 6.58. The topological polar surface area (TPSA) is 75.4 Å². The van der Waals surface area contributed by atoms with Crippen LogP contribution in [0, 0.1) is 6.92 Å². The summed E-state index contributed by atoms with van der Waals surface area (Å²) in [4.78, 5) is 15.1. The van der Waals surface area contributed by atoms with Crippen LogP contribution in [0.15, 0.2) is 28.7 Å². The molecule has 0 atom stereocenters. The SMILES string of the molecule is CCc1nc(C)c(CNCc2ccc(C(=O)O)cc2)o1. The molecule has 0 aliphatic carbocycles. The van der Waals surface area contributed by atoms with Gasteiger partial charge in [-0.1, -0.05) is 19.1 Å². The highest BCUT2D eigenvalue weighted by molar-refractivity contribution is 5.87. The van der Waals surface area contributed by atoms with Gasteiger partial charge in [-0.05, 0) is 24.6 Å². The number of hydrogen-bond donors (Lipinski definition) is 2. The van der Waals surface area contributed by atoms with Crippen molar-refractivity contribution in [3.63, 3.8) is 0 Å². The highest BCUT2D eigenvalue weighted by Gasteiger charge is 2.07. The van der Waals surface area contributed by atoms with E-state index < -0.39 is 5.97 Å². The molecule has 2 N–H and O–H groups in total. The van der Waals surface area contributed by atoms with Gasteiger partial charge in [0.1, 0.15) is 5.76 Å². The van der Waals surface area contributed by atoms with E-state index in [1.165, 1.54) is 0 Å². The van der Waals surface area contributed by atoms with Crippen molar-refractivity contribution >= 4 is 5.97 Å². The summed E-state index contributed by atoms with van der Waals surface area (Å²) < 4.78 is 5.60. The normalized spacial score (nSPS) is 10.7. The van der Waals surface area contributed by atoms with Crippen LogP contribution < -0.4 is 5.32 Å². The van der Waals surface area contributed by atoms with E-state index in [0.717, 1.165) is 29.3 Å². The molecule has 0 amide bonds. The highest BCUT2D eigenvalue weighted by Crippen LogP contribution is 2.11. The molecule has 1 heterocycles. The van der Waals surface area contributed by atoms with Crippen molar-refractivity contribution < 1.29 is 14.3 Å². The van der Waals surface area contributed by atoms with Crippen molar-refractivity contribution in [1.82, 2.24) is 10.3 Å². The molecule has 0 unspecified atom stereocenters. The van der Waals surface area contributed by atoms with Crippen molar-refractivity contribution in [2.45, 2.75) is 33.4 Å². The molecule has 0 bridgehead atoms. The molecule has 106 valence electrons. The Bertz CT molecular complexity index is 588. The van der Waals surface area contributed by atoms with E-state index in [-0.39, 0.29) is 0 Å². The van der Waals surface area contributed by atoms with Crippen molar-refractivity contribution in [3.8, 4) is 0 Å². The quantitative estimate of drug-likeness (QED) is 0.846. The second-order valence-electron chi connectivity index (χ2n) is 4.58. The summed E-state index contributed by atoms with van der Waals surface area (Å²) in [7, 11) is 0. The Balaban J connectivity index is 1.89. The van der Waals surface area contributed by atoms with Crippen LogP contribution in [-0.4, -0.2) is 16.1 Å². The number of nitrogens with zero attached hydrogens (tertiary/aromatic N) is 1. The van der Waals surface area contributed by atoms with E-state index in [1.807, 2.05) is 13.8 Å². The number of aromatic carboxylic acids is 1. The maximum atomic E-state index is 10.7. The average molecular weight is 274 g/mol. The van der Waals surface area contributed by atoms with Gasteiger partial charge in [-0.3, -0.25) is 0 Å². The molecule has 0 spiro atoms. The zero-order chi connectivity index (χ0) is 14.5. The number of carboxylic acid groups (broad SMARTS) is 1. The molecule has 5 nitrogen and oxygen atoms in total. The van der Waals surface area contributed by atoms with Crippen molar-refractivity contribution in [1.29, 1.82) is 0 Å². The van der Waals surface area contributed by atoms with Crippen molar-refractivity contribution in [2.75, 3.05) is 0 Å². The Morgan fingerprint density at radius 1 is 1.30 bits per heavy atom. The standard InChI is InChI=1S/C15H18N2O3/c1-3-14-17-10(2)13(20-14)9-16-8-11-4-6-12(7-5-11)15(18)19/h4-7,16H,3,8-9H2,1-2H3,(H,18,19). The summed E-state index contributed by atoms with van der Waals surface area (Å²) in [5.41, 5.74) is 2.24. The lowest BCUT2D eigenvalue weighted by atomic mass is 10.1. The molecule has 2 rings (SSSR count). The third-order valence-electron chi connectivity index (χ3n) is 3.05. The van der Waals surface area contributed by atoms with E-state index >= 15 is 0 Å². The van der Waals surface area contributed by atoms with Crippen LogP contribution >= 0.6 is 0 Å². The first-order chi connectivity index (χ1) is 9.60. The molecule has 20 heavy (non-hydrogen) atoms. The molecule has 0 aliphatic rings. The van der Waals surface area contributed by atoms with Gasteiger partial charge in [0.25, 0.3) is 0 Å². The number of carbonyl (C=O) groups is 1. The summed E-state index contributed by atoms with van der Waals surface area (Å²) >= 11 is 0. The largest absolute Gasteiger partial charge is 0.478 e. The predicted molar refractivity (Wildman–Crippen MR) is 74.6 cm³/mol. The number of carboxylic acids is 1. The maximum Gasteiger partial charge on any atom is 0.335 e. The summed E-state index contributed by atoms with van der Waals surface area (Å²) in [5.74, 6) is 0.697. The van der Waals surface area contributed by atoms with Crippen LogP contribution in [0.2, 0.25) is 0 Å². The summed E-state index contributed by atoms with van der Waals surface area (Å²) in [6.45, 7) is 5.20. The number of benzene rings is 1. The first kappa shape index (κ1) is 14.3. The fourth-order valence-electron chi connectivity index (χ4n) is 1.89. The van der Waals surface area contributed by atoms with Gasteiger partial charge in [-0.15, -0.1) is 0 Å². The van der Waals surface area contributed by atoms with E-state index in [0.29, 0.717) is 18.7 Å². The van der Waals surface area contributed by atoms with Crippen LogP contribution in [0.5, 0.6) is 0 Å². The maximum absolute atomic E-state index is 10.7. The zero-order valence-electron chi connectivity index (χ0n) is 11.6. The first-order valence-corrected chi connectivity index (χ1v) is 6.58. The fraction of sp³-hybridized carbons (Fsp3) is 0.333. The number of oxazole rings is 1. The van der Waals surface area contributed by atoms with Crippen LogP contribution in [0.1, 0.15) is 40.2 Å². The third kappa shape index (κ3) is 3.45. The highest BCUT2D eigenvalue weighted by atomic mass is 16.4. The molecular formula is C15H18N2O3. The van der Waals surface area contributed by atoms with Gasteiger partial charge >= 0.3 is 5.97 Å². The molecule has 2 aromatic rings. The predicted octanol–water partition coefficient (Wildman–Crippen LogP) is 2.53. The second-order valence-corrected chi connectivity index (χ2v) is 4.58. The minimum atomic E-state index is -0.908. The van der Waals surface area contributed by atoms with Gasteiger partial charge in [0.15, 0.2) is 5.89 Å². The van der Waals surface area contributed by atoms with E-state index in [9.17, 15) is 4.79 Å². The molecule has 0 saturated heterocycles. The second kappa shape index (κ2) is 6.34. The summed E-state index contributed by atoms with van der Waals surface area (Å²) in [6, 6.07) is 6.82. The number of nitrogens with one attached hydrogen (secondary N) is 1. The molecule has 0 radical (unpaired) electrons. The van der Waals surface area contributed by atoms with Crippen LogP contribution in [-0.2, 0) is 19.5 Å². The Morgan fingerprint density at radius 2 is 2.00 bits per heavy atom. The van der Waals surface area contributed by atoms with Gasteiger partial charge < -0.3 is 14.8 Å². The molecular weight excluding hydrogens is 256 g/mol. The number of hydrogen-bond acceptors (Lipinski definition) is 4. The van der Waals surface area contributed by atoms with Gasteiger partial charge in [0.05, 0.1) is 17.8 Å². The number of rotatable bonds is 6. The molecule has 0 saturated carbocycles. The molecule has 5 heteroatoms. The third-order valence-corrected chi connectivity index (χ3v) is 3.05. The van der Waals surface area contributed by atoms with Gasteiger partial charge in [0, 0.05) is 13.0 Å². The van der Waals surface area contributed by atoms with Gasteiger partial charge in [0.2, 0.25) is 0 Å². The van der Waals surface area contributed by atoms with Gasteiger partial charge in [-0.2, -0.15) is 0 Å². The average Bonchev–Trinajstić information content (AvgIpc) is 2.80. The number of aryl methyl sites for hydroxylation is 2. The fourth-order valence-corrected chi connectivity index (χ4v) is 1.89. The Hall–Kier alpha value is -2.14. The van der Waals surface area contributed by atoms with E-state index in [2.05, 4.69) is 10.3 Å². The van der Waals surface area contributed by atoms with Crippen LogP contribution in [0.3, 0.4) is 0 Å². The molecule has 1 aromatic heterocycles. The van der Waals surface area contributed by atoms with Gasteiger partial charge in [-0.25, -0.2) is 9.78 Å². The smallest absolute Gasteiger partial charge is 0.335 e. The summed E-state index contributed by atoms with van der Waals surface area (Å²) in [6.07, 6.45) is 0.789. The minimum Gasteiger partial charge on any atom is -0.478 e. The Morgan fingerprint density at radius 3 is 2.55 bits per heavy atom. The molecule has 1 aromatic carbocycles. The van der Waals surface area contributed by atoms with Crippen molar-refractivity contribution in [3.05, 3.63) is 52.7 Å². The van der Waals surface area contributed by atoms with E-state index in [4.69, 9.17) is 9.52 Å². The lowest BCUT2D eigenvalue weighted by molar-refractivity contribution is 0.0697. The van der Waals surface area contributed by atoms with Crippen molar-refractivity contribution in [2.24, 2.45) is 0 Å². The minimum absolute atomic E-state index is 0.299. The monoisotopic (exact) mass is 274 g/mol. The molecule has 0 fully saturated rings. The Labute approximate surface area is 117 Å².